The maximum atomic E-state index is 14.3. The molecular formula is C31H35N3O3. The summed E-state index contributed by atoms with van der Waals surface area (Å²) in [6.45, 7) is 7.39. The van der Waals surface area contributed by atoms with Crippen LogP contribution in [0, 0.1) is 20.8 Å². The highest BCUT2D eigenvalue weighted by Gasteiger charge is 2.48. The third kappa shape index (κ3) is 5.58. The van der Waals surface area contributed by atoms with Crippen LogP contribution in [0.5, 0.6) is 0 Å². The highest BCUT2D eigenvalue weighted by Crippen LogP contribution is 2.40. The number of benzene rings is 3. The molecule has 2 N–H and O–H groups in total. The molecule has 4 rings (SSSR count). The first-order valence-electron chi connectivity index (χ1n) is 12.9. The van der Waals surface area contributed by atoms with Gasteiger partial charge in [0, 0.05) is 29.5 Å². The number of hydrogen-bond donors (Lipinski definition) is 2. The number of aryl methyl sites for hydroxylation is 3. The Hall–Kier alpha value is -3.93. The van der Waals surface area contributed by atoms with Crippen molar-refractivity contribution < 1.29 is 14.4 Å². The normalized spacial score (nSPS) is 14.5. The Balaban J connectivity index is 1.81. The molecule has 0 atom stereocenters. The van der Waals surface area contributed by atoms with Crippen LogP contribution in [0.3, 0.4) is 0 Å². The molecule has 0 aliphatic heterocycles. The van der Waals surface area contributed by atoms with Crippen LogP contribution < -0.4 is 15.5 Å². The summed E-state index contributed by atoms with van der Waals surface area (Å²) >= 11 is 0. The maximum absolute atomic E-state index is 14.3. The van der Waals surface area contributed by atoms with Crippen molar-refractivity contribution in [2.45, 2.75) is 65.3 Å². The lowest BCUT2D eigenvalue weighted by molar-refractivity contribution is -0.122. The second-order valence-electron chi connectivity index (χ2n) is 10.1. The molecule has 0 heterocycles. The fraction of sp³-hybridized carbons (Fsp3) is 0.323. The van der Waals surface area contributed by atoms with Crippen molar-refractivity contribution in [3.63, 3.8) is 0 Å². The van der Waals surface area contributed by atoms with Crippen LogP contribution in [-0.4, -0.2) is 23.3 Å². The van der Waals surface area contributed by atoms with Crippen molar-refractivity contribution in [1.82, 2.24) is 0 Å². The predicted octanol–water partition coefficient (Wildman–Crippen LogP) is 6.56. The van der Waals surface area contributed by atoms with Gasteiger partial charge in [0.25, 0.3) is 11.8 Å². The minimum absolute atomic E-state index is 0.158. The van der Waals surface area contributed by atoms with Gasteiger partial charge in [-0.3, -0.25) is 19.3 Å². The lowest BCUT2D eigenvalue weighted by Crippen LogP contribution is -2.60. The Labute approximate surface area is 219 Å². The summed E-state index contributed by atoms with van der Waals surface area (Å²) in [6, 6.07) is 20.6. The molecule has 1 fully saturated rings. The molecule has 6 heteroatoms. The summed E-state index contributed by atoms with van der Waals surface area (Å²) in [5.74, 6) is -0.572. The van der Waals surface area contributed by atoms with Gasteiger partial charge in [-0.05, 0) is 86.7 Å². The summed E-state index contributed by atoms with van der Waals surface area (Å²) in [7, 11) is 0. The number of carbonyl (C=O) groups is 3. The van der Waals surface area contributed by atoms with E-state index in [0.717, 1.165) is 41.6 Å². The van der Waals surface area contributed by atoms with Crippen molar-refractivity contribution in [1.29, 1.82) is 0 Å². The zero-order chi connectivity index (χ0) is 26.6. The molecule has 1 aliphatic carbocycles. The number of rotatable bonds is 6. The van der Waals surface area contributed by atoms with E-state index in [1.165, 1.54) is 6.92 Å². The molecule has 192 valence electrons. The van der Waals surface area contributed by atoms with E-state index in [0.29, 0.717) is 29.8 Å². The van der Waals surface area contributed by atoms with Crippen LogP contribution in [0.25, 0.3) is 0 Å². The number of nitrogens with one attached hydrogen (secondary N) is 2. The van der Waals surface area contributed by atoms with Crippen LogP contribution in [0.4, 0.5) is 17.1 Å². The molecule has 0 bridgehead atoms. The molecule has 0 unspecified atom stereocenters. The Kier molecular flexibility index (Phi) is 7.77. The molecule has 1 saturated carbocycles. The van der Waals surface area contributed by atoms with E-state index in [9.17, 15) is 14.4 Å². The van der Waals surface area contributed by atoms with Gasteiger partial charge in [0.15, 0.2) is 0 Å². The smallest absolute Gasteiger partial charge is 0.259 e. The average molecular weight is 498 g/mol. The van der Waals surface area contributed by atoms with E-state index in [4.69, 9.17) is 0 Å². The summed E-state index contributed by atoms with van der Waals surface area (Å²) < 4.78 is 0. The molecule has 1 aliphatic rings. The van der Waals surface area contributed by atoms with Gasteiger partial charge in [-0.1, -0.05) is 49.6 Å². The van der Waals surface area contributed by atoms with Crippen molar-refractivity contribution >= 4 is 34.8 Å². The molecule has 3 amide bonds. The lowest BCUT2D eigenvalue weighted by Gasteiger charge is -2.45. The molecule has 0 aromatic heterocycles. The SMILES string of the molecule is CC(=O)Nc1ccc(C(=O)N(c2cccc(C)c2)C2(C(=O)Nc3c(C)cccc3C)CCCCC2)cc1. The van der Waals surface area contributed by atoms with Crippen molar-refractivity contribution in [2.75, 3.05) is 15.5 Å². The van der Waals surface area contributed by atoms with Crippen LogP contribution in [-0.2, 0) is 9.59 Å². The molecule has 6 nitrogen and oxygen atoms in total. The number of carbonyl (C=O) groups excluding carboxylic acids is 3. The number of hydrogen-bond acceptors (Lipinski definition) is 3. The van der Waals surface area contributed by atoms with Crippen molar-refractivity contribution in [3.8, 4) is 0 Å². The van der Waals surface area contributed by atoms with E-state index in [1.807, 2.05) is 63.2 Å². The molecule has 0 saturated heterocycles. The van der Waals surface area contributed by atoms with Gasteiger partial charge in [-0.2, -0.15) is 0 Å². The highest BCUT2D eigenvalue weighted by atomic mass is 16.2. The number of amides is 3. The number of anilines is 3. The summed E-state index contributed by atoms with van der Waals surface area (Å²) in [6.07, 6.45) is 3.90. The van der Waals surface area contributed by atoms with Gasteiger partial charge < -0.3 is 10.6 Å². The molecule has 0 radical (unpaired) electrons. The first-order valence-corrected chi connectivity index (χ1v) is 12.9. The van der Waals surface area contributed by atoms with Crippen molar-refractivity contribution in [3.05, 3.63) is 89.0 Å². The van der Waals surface area contributed by atoms with Gasteiger partial charge in [0.05, 0.1) is 0 Å². The zero-order valence-corrected chi connectivity index (χ0v) is 22.1. The Morgan fingerprint density at radius 3 is 2.00 bits per heavy atom. The molecule has 37 heavy (non-hydrogen) atoms. The predicted molar refractivity (Wildman–Crippen MR) is 149 cm³/mol. The van der Waals surface area contributed by atoms with Gasteiger partial charge in [0.2, 0.25) is 5.91 Å². The second-order valence-corrected chi connectivity index (χ2v) is 10.1. The average Bonchev–Trinajstić information content (AvgIpc) is 2.87. The molecule has 0 spiro atoms. The minimum atomic E-state index is -1.03. The van der Waals surface area contributed by atoms with Gasteiger partial charge in [-0.15, -0.1) is 0 Å². The topological polar surface area (TPSA) is 78.5 Å². The first-order chi connectivity index (χ1) is 17.7. The molecule has 3 aromatic carbocycles. The van der Waals surface area contributed by atoms with E-state index < -0.39 is 5.54 Å². The van der Waals surface area contributed by atoms with Crippen LogP contribution in [0.2, 0.25) is 0 Å². The van der Waals surface area contributed by atoms with E-state index >= 15 is 0 Å². The standard InChI is InChI=1S/C31H35N3O3/c1-21-10-8-13-27(20-21)34(29(36)25-14-16-26(17-15-25)32-24(4)35)31(18-6-5-7-19-31)30(37)33-28-22(2)11-9-12-23(28)3/h8-17,20H,5-7,18-19H2,1-4H3,(H,32,35)(H,33,37). The third-order valence-electron chi connectivity index (χ3n) is 7.17. The lowest BCUT2D eigenvalue weighted by atomic mass is 9.78. The number of para-hydroxylation sites is 1. The Morgan fingerprint density at radius 1 is 0.784 bits per heavy atom. The van der Waals surface area contributed by atoms with Crippen LogP contribution in [0.15, 0.2) is 66.7 Å². The summed E-state index contributed by atoms with van der Waals surface area (Å²) in [5, 5.41) is 5.95. The second kappa shape index (κ2) is 11.0. The summed E-state index contributed by atoms with van der Waals surface area (Å²) in [4.78, 5) is 41.7. The van der Waals surface area contributed by atoms with E-state index in [2.05, 4.69) is 10.6 Å². The first kappa shape index (κ1) is 26.1. The third-order valence-corrected chi connectivity index (χ3v) is 7.17. The van der Waals surface area contributed by atoms with E-state index in [1.54, 1.807) is 29.2 Å². The fourth-order valence-electron chi connectivity index (χ4n) is 5.28. The largest absolute Gasteiger partial charge is 0.326 e. The van der Waals surface area contributed by atoms with Gasteiger partial charge in [-0.25, -0.2) is 0 Å². The Morgan fingerprint density at radius 2 is 1.41 bits per heavy atom. The Bertz CT molecular complexity index is 1290. The fourth-order valence-corrected chi connectivity index (χ4v) is 5.28. The van der Waals surface area contributed by atoms with E-state index in [-0.39, 0.29) is 17.7 Å². The monoisotopic (exact) mass is 497 g/mol. The zero-order valence-electron chi connectivity index (χ0n) is 22.1. The molecular weight excluding hydrogens is 462 g/mol. The number of nitrogens with zero attached hydrogens (tertiary/aromatic N) is 1. The quantitative estimate of drug-likeness (QED) is 0.405. The van der Waals surface area contributed by atoms with Crippen molar-refractivity contribution in [2.24, 2.45) is 0 Å². The summed E-state index contributed by atoms with van der Waals surface area (Å²) in [5.41, 5.74) is 4.53. The van der Waals surface area contributed by atoms with Gasteiger partial charge in [0.1, 0.15) is 5.54 Å². The van der Waals surface area contributed by atoms with Crippen LogP contribution >= 0.6 is 0 Å². The maximum Gasteiger partial charge on any atom is 0.259 e. The van der Waals surface area contributed by atoms with Gasteiger partial charge >= 0.3 is 0 Å². The highest BCUT2D eigenvalue weighted by molar-refractivity contribution is 6.14. The minimum Gasteiger partial charge on any atom is -0.326 e. The molecule has 3 aromatic rings. The van der Waals surface area contributed by atoms with Crippen LogP contribution in [0.1, 0.15) is 66.1 Å².